The first-order valence-electron chi connectivity index (χ1n) is 5.99. The second-order valence-corrected chi connectivity index (χ2v) is 4.04. The molecule has 0 saturated carbocycles. The van der Waals surface area contributed by atoms with E-state index in [0.29, 0.717) is 17.0 Å². The van der Waals surface area contributed by atoms with E-state index in [9.17, 15) is 4.79 Å². The fourth-order valence-electron chi connectivity index (χ4n) is 1.70. The first kappa shape index (κ1) is 11.9. The molecule has 5 heteroatoms. The van der Waals surface area contributed by atoms with E-state index in [0.717, 1.165) is 5.52 Å². The molecule has 0 fully saturated rings. The molecule has 5 nitrogen and oxygen atoms in total. The molecule has 1 amide bonds. The molecular weight excluding hydrogens is 252 g/mol. The average molecular weight is 262 g/mol. The molecule has 0 unspecified atom stereocenters. The largest absolute Gasteiger partial charge is 0.345 e. The van der Waals surface area contributed by atoms with Crippen LogP contribution in [0.15, 0.2) is 48.8 Å². The van der Waals surface area contributed by atoms with Crippen LogP contribution in [-0.2, 0) is 4.79 Å². The third-order valence-electron chi connectivity index (χ3n) is 2.60. The zero-order valence-corrected chi connectivity index (χ0v) is 10.4. The number of H-pyrrole nitrogens is 1. The Hall–Kier alpha value is -3.13. The van der Waals surface area contributed by atoms with Gasteiger partial charge in [-0.05, 0) is 24.1 Å². The van der Waals surface area contributed by atoms with Gasteiger partial charge in [-0.3, -0.25) is 4.79 Å². The van der Waals surface area contributed by atoms with Crippen LogP contribution < -0.4 is 5.32 Å². The number of fused-ring (bicyclic) bond motifs is 1. The minimum absolute atomic E-state index is 0.382. The Morgan fingerprint density at radius 2 is 2.05 bits per heavy atom. The predicted molar refractivity (Wildman–Crippen MR) is 75.8 cm³/mol. The number of amides is 1. The summed E-state index contributed by atoms with van der Waals surface area (Å²) in [6, 6.07) is 11.0. The van der Waals surface area contributed by atoms with Crippen molar-refractivity contribution in [1.82, 2.24) is 15.0 Å². The van der Waals surface area contributed by atoms with E-state index in [4.69, 9.17) is 0 Å². The SMILES string of the molecule is O=C(C#Cc1cnc2[nH]ccc2n1)Nc1ccccc1. The lowest BCUT2D eigenvalue weighted by atomic mass is 10.3. The van der Waals surface area contributed by atoms with Gasteiger partial charge in [-0.1, -0.05) is 18.2 Å². The summed E-state index contributed by atoms with van der Waals surface area (Å²) in [5.41, 5.74) is 2.59. The third-order valence-corrected chi connectivity index (χ3v) is 2.60. The maximum Gasteiger partial charge on any atom is 0.300 e. The molecule has 20 heavy (non-hydrogen) atoms. The molecule has 3 aromatic rings. The van der Waals surface area contributed by atoms with Crippen LogP contribution in [-0.4, -0.2) is 20.9 Å². The summed E-state index contributed by atoms with van der Waals surface area (Å²) < 4.78 is 0. The van der Waals surface area contributed by atoms with Gasteiger partial charge in [-0.2, -0.15) is 0 Å². The molecule has 0 spiro atoms. The average Bonchev–Trinajstić information content (AvgIpc) is 2.93. The number of rotatable bonds is 1. The Kier molecular flexibility index (Phi) is 3.13. The van der Waals surface area contributed by atoms with Gasteiger partial charge in [0.05, 0.1) is 6.20 Å². The fraction of sp³-hybridized carbons (Fsp3) is 0. The van der Waals surface area contributed by atoms with Crippen molar-refractivity contribution >= 4 is 22.8 Å². The highest BCUT2D eigenvalue weighted by molar-refractivity contribution is 6.04. The van der Waals surface area contributed by atoms with Crippen LogP contribution in [0.3, 0.4) is 0 Å². The zero-order valence-electron chi connectivity index (χ0n) is 10.4. The second kappa shape index (κ2) is 5.24. The van der Waals surface area contributed by atoms with Gasteiger partial charge in [0.2, 0.25) is 0 Å². The van der Waals surface area contributed by atoms with E-state index < -0.39 is 0 Å². The van der Waals surface area contributed by atoms with Crippen molar-refractivity contribution in [3.63, 3.8) is 0 Å². The molecule has 2 N–H and O–H groups in total. The minimum atomic E-state index is -0.382. The topological polar surface area (TPSA) is 70.7 Å². The molecule has 0 aliphatic rings. The van der Waals surface area contributed by atoms with Gasteiger partial charge in [0.25, 0.3) is 0 Å². The van der Waals surface area contributed by atoms with Gasteiger partial charge in [-0.15, -0.1) is 0 Å². The van der Waals surface area contributed by atoms with Crippen LogP contribution in [0.1, 0.15) is 5.69 Å². The summed E-state index contributed by atoms with van der Waals surface area (Å²) in [5.74, 6) is 4.81. The summed E-state index contributed by atoms with van der Waals surface area (Å²) in [6.07, 6.45) is 3.28. The lowest BCUT2D eigenvalue weighted by molar-refractivity contribution is -0.111. The van der Waals surface area contributed by atoms with Crippen LogP contribution in [0.4, 0.5) is 5.69 Å². The lowest BCUT2D eigenvalue weighted by Crippen LogP contribution is -2.08. The number of carbonyl (C=O) groups excluding carboxylic acids is 1. The zero-order chi connectivity index (χ0) is 13.8. The third kappa shape index (κ3) is 2.65. The maximum absolute atomic E-state index is 11.7. The van der Waals surface area contributed by atoms with E-state index in [1.165, 1.54) is 6.20 Å². The van der Waals surface area contributed by atoms with Gasteiger partial charge in [0.1, 0.15) is 11.2 Å². The monoisotopic (exact) mass is 262 g/mol. The summed E-state index contributed by atoms with van der Waals surface area (Å²) in [5, 5.41) is 2.68. The van der Waals surface area contributed by atoms with Gasteiger partial charge >= 0.3 is 5.91 Å². The fourth-order valence-corrected chi connectivity index (χ4v) is 1.70. The molecule has 0 bridgehead atoms. The van der Waals surface area contributed by atoms with Crippen LogP contribution in [0, 0.1) is 11.8 Å². The number of carbonyl (C=O) groups is 1. The molecular formula is C15H10N4O. The Balaban J connectivity index is 1.75. The number of nitrogens with one attached hydrogen (secondary N) is 2. The lowest BCUT2D eigenvalue weighted by Gasteiger charge is -1.98. The number of nitrogens with zero attached hydrogens (tertiary/aromatic N) is 2. The molecule has 0 aliphatic carbocycles. The van der Waals surface area contributed by atoms with Crippen molar-refractivity contribution in [1.29, 1.82) is 0 Å². The number of para-hydroxylation sites is 1. The maximum atomic E-state index is 11.7. The quantitative estimate of drug-likeness (QED) is 0.658. The molecule has 0 atom stereocenters. The van der Waals surface area contributed by atoms with E-state index >= 15 is 0 Å². The number of benzene rings is 1. The van der Waals surface area contributed by atoms with E-state index in [1.54, 1.807) is 24.4 Å². The molecule has 3 rings (SSSR count). The highest BCUT2D eigenvalue weighted by Crippen LogP contribution is 2.06. The number of hydrogen-bond donors (Lipinski definition) is 2. The van der Waals surface area contributed by atoms with Crippen LogP contribution in [0.5, 0.6) is 0 Å². The molecule has 2 aromatic heterocycles. The van der Waals surface area contributed by atoms with Crippen molar-refractivity contribution < 1.29 is 4.79 Å². The smallest absolute Gasteiger partial charge is 0.300 e. The summed E-state index contributed by atoms with van der Waals surface area (Å²) in [4.78, 5) is 23.0. The number of aromatic nitrogens is 3. The molecule has 96 valence electrons. The standard InChI is InChI=1S/C15H10N4O/c20-14(19-11-4-2-1-3-5-11)7-6-12-10-17-15-13(18-12)8-9-16-15/h1-5,8-10H,(H,16,17)(H,19,20). The van der Waals surface area contributed by atoms with Crippen molar-refractivity contribution in [2.24, 2.45) is 0 Å². The first-order valence-corrected chi connectivity index (χ1v) is 5.99. The minimum Gasteiger partial charge on any atom is -0.345 e. The van der Waals surface area contributed by atoms with Crippen LogP contribution >= 0.6 is 0 Å². The number of hydrogen-bond acceptors (Lipinski definition) is 3. The Bertz CT molecular complexity index is 812. The van der Waals surface area contributed by atoms with Gasteiger partial charge < -0.3 is 10.3 Å². The van der Waals surface area contributed by atoms with Crippen LogP contribution in [0.25, 0.3) is 11.2 Å². The van der Waals surface area contributed by atoms with E-state index in [-0.39, 0.29) is 5.91 Å². The molecule has 2 heterocycles. The molecule has 0 aliphatic heterocycles. The highest BCUT2D eigenvalue weighted by Gasteiger charge is 1.99. The van der Waals surface area contributed by atoms with E-state index in [2.05, 4.69) is 32.1 Å². The Morgan fingerprint density at radius 1 is 1.20 bits per heavy atom. The second-order valence-electron chi connectivity index (χ2n) is 4.04. The number of aromatic amines is 1. The Morgan fingerprint density at radius 3 is 2.90 bits per heavy atom. The normalized spacial score (nSPS) is 9.80. The molecule has 0 saturated heterocycles. The van der Waals surface area contributed by atoms with Crippen LogP contribution in [0.2, 0.25) is 0 Å². The predicted octanol–water partition coefficient (Wildman–Crippen LogP) is 1.95. The van der Waals surface area contributed by atoms with Gasteiger partial charge in [-0.25, -0.2) is 9.97 Å². The summed E-state index contributed by atoms with van der Waals surface area (Å²) in [7, 11) is 0. The first-order chi connectivity index (χ1) is 9.81. The summed E-state index contributed by atoms with van der Waals surface area (Å²) >= 11 is 0. The van der Waals surface area contributed by atoms with Gasteiger partial charge in [0, 0.05) is 17.8 Å². The Labute approximate surface area is 115 Å². The van der Waals surface area contributed by atoms with Crippen molar-refractivity contribution in [3.8, 4) is 11.8 Å². The van der Waals surface area contributed by atoms with Gasteiger partial charge in [0.15, 0.2) is 5.65 Å². The molecule has 1 aromatic carbocycles. The van der Waals surface area contributed by atoms with Crippen molar-refractivity contribution in [3.05, 3.63) is 54.5 Å². The highest BCUT2D eigenvalue weighted by atomic mass is 16.1. The van der Waals surface area contributed by atoms with E-state index in [1.807, 2.05) is 18.2 Å². The van der Waals surface area contributed by atoms with Crippen molar-refractivity contribution in [2.75, 3.05) is 5.32 Å². The van der Waals surface area contributed by atoms with Crippen molar-refractivity contribution in [2.45, 2.75) is 0 Å². The number of anilines is 1. The molecule has 0 radical (unpaired) electrons. The summed E-state index contributed by atoms with van der Waals surface area (Å²) in [6.45, 7) is 0.